The molecule has 0 unspecified atom stereocenters. The second-order valence-electron chi connectivity index (χ2n) is 1.34. The Labute approximate surface area is 123 Å². The summed E-state index contributed by atoms with van der Waals surface area (Å²) in [7, 11) is 0. The van der Waals surface area contributed by atoms with Crippen LogP contribution < -0.4 is 80.9 Å². The third-order valence-electron chi connectivity index (χ3n) is 0.756. The van der Waals surface area contributed by atoms with Gasteiger partial charge in [-0.3, -0.25) is 0 Å². The van der Waals surface area contributed by atoms with Gasteiger partial charge in [0.1, 0.15) is 5.75 Å². The Kier molecular flexibility index (Phi) is 11.4. The van der Waals surface area contributed by atoms with Gasteiger partial charge in [0.15, 0.2) is 0 Å². The molecule has 9 heavy (non-hydrogen) atoms. The summed E-state index contributed by atoms with van der Waals surface area (Å²) in [6.45, 7) is 0. The summed E-state index contributed by atoms with van der Waals surface area (Å²) < 4.78 is 0. The van der Waals surface area contributed by atoms with Crippen molar-refractivity contribution >= 4 is 0 Å². The van der Waals surface area contributed by atoms with Crippen molar-refractivity contribution in [3.8, 4) is 5.75 Å². The molecule has 1 aromatic carbocycles. The maximum Gasteiger partial charge on any atom is 1.00 e. The fourth-order valence-electron chi connectivity index (χ4n) is 0.428. The molecule has 40 valence electrons. The SMILES string of the molecule is Oc1ccccc1.[H-].[H-].[K+].[Na+]. The van der Waals surface area contributed by atoms with E-state index < -0.39 is 0 Å². The van der Waals surface area contributed by atoms with Crippen molar-refractivity contribution in [2.45, 2.75) is 0 Å². The Morgan fingerprint density at radius 3 is 1.78 bits per heavy atom. The van der Waals surface area contributed by atoms with Crippen molar-refractivity contribution in [1.82, 2.24) is 0 Å². The number of para-hydroxylation sites is 1. The van der Waals surface area contributed by atoms with Gasteiger partial charge in [-0.2, -0.15) is 0 Å². The van der Waals surface area contributed by atoms with Crippen LogP contribution in [0.15, 0.2) is 30.3 Å². The van der Waals surface area contributed by atoms with Crippen molar-refractivity contribution in [3.05, 3.63) is 30.3 Å². The maximum atomic E-state index is 8.63. The van der Waals surface area contributed by atoms with Crippen molar-refractivity contribution < 1.29 is 88.9 Å². The quantitative estimate of drug-likeness (QED) is 0.378. The summed E-state index contributed by atoms with van der Waals surface area (Å²) in [5.74, 6) is 0.322. The van der Waals surface area contributed by atoms with Gasteiger partial charge >= 0.3 is 80.9 Å². The molecule has 0 spiro atoms. The molecule has 0 aromatic heterocycles. The van der Waals surface area contributed by atoms with Crippen molar-refractivity contribution in [1.29, 1.82) is 0 Å². The normalized spacial score (nSPS) is 6.67. The van der Waals surface area contributed by atoms with Crippen LogP contribution in [0.3, 0.4) is 0 Å². The predicted molar refractivity (Wildman–Crippen MR) is 30.3 cm³/mol. The van der Waals surface area contributed by atoms with E-state index in [1.54, 1.807) is 24.3 Å². The molecule has 0 aliphatic carbocycles. The molecule has 0 saturated heterocycles. The van der Waals surface area contributed by atoms with Crippen molar-refractivity contribution in [2.75, 3.05) is 0 Å². The van der Waals surface area contributed by atoms with Gasteiger partial charge in [0, 0.05) is 0 Å². The van der Waals surface area contributed by atoms with Crippen LogP contribution in [0, 0.1) is 0 Å². The van der Waals surface area contributed by atoms with Crippen LogP contribution in [0.25, 0.3) is 0 Å². The Bertz CT molecular complexity index is 151. The molecule has 0 saturated carbocycles. The molecule has 1 rings (SSSR count). The van der Waals surface area contributed by atoms with Gasteiger partial charge in [-0.1, -0.05) is 18.2 Å². The molecular formula is C6H8KNaO. The standard InChI is InChI=1S/C6H6O.K.Na.2H/c7-6-4-2-1-3-5-6;;;;/h1-5,7H;;;;/q;2*+1;2*-1. The second kappa shape index (κ2) is 7.76. The van der Waals surface area contributed by atoms with Gasteiger partial charge < -0.3 is 7.96 Å². The fourth-order valence-corrected chi connectivity index (χ4v) is 0.428. The molecule has 1 aromatic rings. The smallest absolute Gasteiger partial charge is 1.00 e. The van der Waals surface area contributed by atoms with Crippen LogP contribution in [0.4, 0.5) is 0 Å². The van der Waals surface area contributed by atoms with E-state index in [1.807, 2.05) is 6.07 Å². The van der Waals surface area contributed by atoms with E-state index in [9.17, 15) is 0 Å². The van der Waals surface area contributed by atoms with Crippen LogP contribution in [0.2, 0.25) is 0 Å². The number of phenolic OH excluding ortho intramolecular Hbond substituents is 1. The molecule has 0 radical (unpaired) electrons. The molecule has 0 amide bonds. The average Bonchev–Trinajstić information content (AvgIpc) is 1.69. The average molecular weight is 158 g/mol. The summed E-state index contributed by atoms with van der Waals surface area (Å²) in [6.07, 6.45) is 0. The van der Waals surface area contributed by atoms with Gasteiger partial charge in [0.2, 0.25) is 0 Å². The summed E-state index contributed by atoms with van der Waals surface area (Å²) in [6, 6.07) is 8.71. The molecular weight excluding hydrogens is 150 g/mol. The maximum absolute atomic E-state index is 8.63. The largest absolute Gasteiger partial charge is 1.00 e. The number of hydrogen-bond acceptors (Lipinski definition) is 1. The molecule has 0 aliphatic rings. The second-order valence-corrected chi connectivity index (χ2v) is 1.34. The minimum Gasteiger partial charge on any atom is -1.00 e. The molecule has 0 atom stereocenters. The number of phenols is 1. The summed E-state index contributed by atoms with van der Waals surface area (Å²) in [5.41, 5.74) is 0. The third kappa shape index (κ3) is 6.07. The van der Waals surface area contributed by atoms with E-state index >= 15 is 0 Å². The first-order chi connectivity index (χ1) is 3.39. The monoisotopic (exact) mass is 158 g/mol. The first-order valence-electron chi connectivity index (χ1n) is 2.13. The Morgan fingerprint density at radius 2 is 1.56 bits per heavy atom. The topological polar surface area (TPSA) is 20.2 Å². The molecule has 3 heteroatoms. The van der Waals surface area contributed by atoms with Crippen molar-refractivity contribution in [3.63, 3.8) is 0 Å². The molecule has 1 N–H and O–H groups in total. The Morgan fingerprint density at radius 1 is 1.11 bits per heavy atom. The van der Waals surface area contributed by atoms with E-state index in [1.165, 1.54) is 0 Å². The molecule has 0 fully saturated rings. The van der Waals surface area contributed by atoms with Gasteiger partial charge in [0.05, 0.1) is 0 Å². The third-order valence-corrected chi connectivity index (χ3v) is 0.756. The van der Waals surface area contributed by atoms with Crippen molar-refractivity contribution in [2.24, 2.45) is 0 Å². The van der Waals surface area contributed by atoms with E-state index in [2.05, 4.69) is 0 Å². The zero-order valence-corrected chi connectivity index (χ0v) is 11.0. The van der Waals surface area contributed by atoms with Gasteiger partial charge in [-0.25, -0.2) is 0 Å². The summed E-state index contributed by atoms with van der Waals surface area (Å²) >= 11 is 0. The first kappa shape index (κ1) is 13.3. The number of hydrogen-bond donors (Lipinski definition) is 1. The Hall–Kier alpha value is 1.66. The molecule has 1 nitrogen and oxygen atoms in total. The van der Waals surface area contributed by atoms with Crippen LogP contribution in [0.5, 0.6) is 5.75 Å². The van der Waals surface area contributed by atoms with Crippen LogP contribution in [-0.4, -0.2) is 5.11 Å². The zero-order chi connectivity index (χ0) is 5.11. The van der Waals surface area contributed by atoms with E-state index in [-0.39, 0.29) is 83.8 Å². The fraction of sp³-hybridized carbons (Fsp3) is 0. The van der Waals surface area contributed by atoms with E-state index in [0.717, 1.165) is 0 Å². The van der Waals surface area contributed by atoms with Gasteiger partial charge in [-0.05, 0) is 12.1 Å². The van der Waals surface area contributed by atoms with E-state index in [0.29, 0.717) is 5.75 Å². The summed E-state index contributed by atoms with van der Waals surface area (Å²) in [5, 5.41) is 8.63. The molecule has 0 bridgehead atoms. The number of aromatic hydroxyl groups is 1. The summed E-state index contributed by atoms with van der Waals surface area (Å²) in [4.78, 5) is 0. The predicted octanol–water partition coefficient (Wildman–Crippen LogP) is -4.37. The van der Waals surface area contributed by atoms with Crippen LogP contribution in [-0.2, 0) is 0 Å². The molecule has 0 heterocycles. The van der Waals surface area contributed by atoms with E-state index in [4.69, 9.17) is 5.11 Å². The Balaban J connectivity index is -0.0000000612. The van der Waals surface area contributed by atoms with Gasteiger partial charge in [-0.15, -0.1) is 0 Å². The minimum absolute atomic E-state index is 0. The zero-order valence-electron chi connectivity index (χ0n) is 7.83. The van der Waals surface area contributed by atoms with Gasteiger partial charge in [0.25, 0.3) is 0 Å². The minimum atomic E-state index is 0. The number of rotatable bonds is 0. The number of benzene rings is 1. The molecule has 0 aliphatic heterocycles. The van der Waals surface area contributed by atoms with Crippen LogP contribution in [0.1, 0.15) is 2.85 Å². The van der Waals surface area contributed by atoms with Crippen LogP contribution >= 0.6 is 0 Å². The first-order valence-corrected chi connectivity index (χ1v) is 2.13.